The van der Waals surface area contributed by atoms with Crippen LogP contribution in [0.15, 0.2) is 48.5 Å². The first-order chi connectivity index (χ1) is 9.42. The highest BCUT2D eigenvalue weighted by molar-refractivity contribution is 5.37. The lowest BCUT2D eigenvalue weighted by Crippen LogP contribution is -2.20. The summed E-state index contributed by atoms with van der Waals surface area (Å²) in [5.74, 6) is 1.67. The van der Waals surface area contributed by atoms with Gasteiger partial charge in [-0.15, -0.1) is 0 Å². The van der Waals surface area contributed by atoms with Gasteiger partial charge in [0, 0.05) is 0 Å². The van der Waals surface area contributed by atoms with E-state index in [1.165, 1.54) is 32.1 Å². The highest BCUT2D eigenvalue weighted by Gasteiger charge is 2.31. The largest absolute Gasteiger partial charge is 0.0620 e. The Morgan fingerprint density at radius 1 is 0.684 bits per heavy atom. The molecule has 0 spiro atoms. The molecule has 0 amide bonds. The maximum absolute atomic E-state index is 2.37. The summed E-state index contributed by atoms with van der Waals surface area (Å²) < 4.78 is 0. The molecule has 0 N–H and O–H groups in total. The average molecular weight is 248 g/mol. The van der Waals surface area contributed by atoms with Gasteiger partial charge < -0.3 is 0 Å². The minimum Gasteiger partial charge on any atom is -0.0620 e. The van der Waals surface area contributed by atoms with Gasteiger partial charge in [-0.1, -0.05) is 48.5 Å². The van der Waals surface area contributed by atoms with Gasteiger partial charge >= 0.3 is 0 Å². The van der Waals surface area contributed by atoms with Gasteiger partial charge in [0.05, 0.1) is 0 Å². The zero-order valence-corrected chi connectivity index (χ0v) is 11.3. The van der Waals surface area contributed by atoms with Crippen LogP contribution in [0.1, 0.15) is 41.0 Å². The van der Waals surface area contributed by atoms with Crippen LogP contribution >= 0.6 is 0 Å². The molecule has 0 bridgehead atoms. The van der Waals surface area contributed by atoms with Gasteiger partial charge in [-0.2, -0.15) is 0 Å². The van der Waals surface area contributed by atoms with E-state index in [-0.39, 0.29) is 0 Å². The predicted octanol–water partition coefficient (Wildman–Crippen LogP) is 4.52. The van der Waals surface area contributed by atoms with E-state index in [9.17, 15) is 0 Å². The minimum absolute atomic E-state index is 0.810. The van der Waals surface area contributed by atoms with Crippen LogP contribution in [0.4, 0.5) is 0 Å². The van der Waals surface area contributed by atoms with E-state index in [1.54, 1.807) is 22.3 Å². The third kappa shape index (κ3) is 1.90. The van der Waals surface area contributed by atoms with Crippen molar-refractivity contribution in [2.75, 3.05) is 0 Å². The van der Waals surface area contributed by atoms with Crippen LogP contribution in [0.2, 0.25) is 0 Å². The molecular weight excluding hydrogens is 228 g/mol. The van der Waals surface area contributed by atoms with Crippen LogP contribution in [0.5, 0.6) is 0 Å². The summed E-state index contributed by atoms with van der Waals surface area (Å²) in [6, 6.07) is 18.1. The number of rotatable bonds is 1. The standard InChI is InChI=1S/C19H20/c1-2-7-16-13-17(10-9-14(16)5-1)19-12-11-15-6-3-4-8-18(15)19/h1-8,17,19H,9-13H2. The first-order valence-corrected chi connectivity index (χ1v) is 7.56. The van der Waals surface area contributed by atoms with Crippen LogP contribution in [-0.2, 0) is 19.3 Å². The molecule has 0 fully saturated rings. The molecule has 0 radical (unpaired) electrons. The summed E-state index contributed by atoms with van der Waals surface area (Å²) in [6.45, 7) is 0. The molecule has 0 nitrogen and oxygen atoms in total. The first-order valence-electron chi connectivity index (χ1n) is 7.56. The minimum atomic E-state index is 0.810. The highest BCUT2D eigenvalue weighted by atomic mass is 14.4. The Balaban J connectivity index is 1.63. The molecule has 2 unspecified atom stereocenters. The van der Waals surface area contributed by atoms with Crippen LogP contribution in [0.3, 0.4) is 0 Å². The molecule has 96 valence electrons. The van der Waals surface area contributed by atoms with Crippen molar-refractivity contribution in [3.63, 3.8) is 0 Å². The van der Waals surface area contributed by atoms with E-state index >= 15 is 0 Å². The van der Waals surface area contributed by atoms with Crippen LogP contribution in [0.25, 0.3) is 0 Å². The summed E-state index contributed by atoms with van der Waals surface area (Å²) in [5.41, 5.74) is 6.44. The first kappa shape index (κ1) is 11.3. The monoisotopic (exact) mass is 248 g/mol. The Morgan fingerprint density at radius 3 is 2.26 bits per heavy atom. The van der Waals surface area contributed by atoms with E-state index < -0.39 is 0 Å². The molecule has 2 aromatic rings. The molecule has 19 heavy (non-hydrogen) atoms. The molecule has 2 aliphatic rings. The van der Waals surface area contributed by atoms with Crippen LogP contribution < -0.4 is 0 Å². The molecule has 0 aliphatic heterocycles. The third-order valence-electron chi connectivity index (χ3n) is 5.13. The second kappa shape index (κ2) is 4.52. The zero-order chi connectivity index (χ0) is 12.7. The summed E-state index contributed by atoms with van der Waals surface area (Å²) in [7, 11) is 0. The maximum Gasteiger partial charge on any atom is -0.0124 e. The Bertz CT molecular complexity index is 596. The van der Waals surface area contributed by atoms with Gasteiger partial charge in [-0.3, -0.25) is 0 Å². The van der Waals surface area contributed by atoms with Gasteiger partial charge in [-0.25, -0.2) is 0 Å². The predicted molar refractivity (Wildman–Crippen MR) is 79.5 cm³/mol. The zero-order valence-electron chi connectivity index (χ0n) is 11.3. The second-order valence-corrected chi connectivity index (χ2v) is 6.12. The smallest absolute Gasteiger partial charge is 0.0124 e. The van der Waals surface area contributed by atoms with Crippen molar-refractivity contribution in [2.24, 2.45) is 5.92 Å². The fourth-order valence-electron chi connectivity index (χ4n) is 4.15. The fraction of sp³-hybridized carbons (Fsp3) is 0.368. The molecule has 2 aromatic carbocycles. The van der Waals surface area contributed by atoms with E-state index in [0.717, 1.165) is 11.8 Å². The van der Waals surface area contributed by atoms with Gasteiger partial charge in [-0.05, 0) is 66.2 Å². The molecule has 0 heterocycles. The van der Waals surface area contributed by atoms with Gasteiger partial charge in [0.2, 0.25) is 0 Å². The Morgan fingerprint density at radius 2 is 1.37 bits per heavy atom. The summed E-state index contributed by atoms with van der Waals surface area (Å²) >= 11 is 0. The van der Waals surface area contributed by atoms with E-state index in [2.05, 4.69) is 48.5 Å². The molecular formula is C19H20. The SMILES string of the molecule is c1ccc2c(c1)CCC(C1CCc3ccccc31)C2. The molecule has 4 rings (SSSR count). The fourth-order valence-corrected chi connectivity index (χ4v) is 4.15. The van der Waals surface area contributed by atoms with Crippen molar-refractivity contribution in [3.8, 4) is 0 Å². The van der Waals surface area contributed by atoms with Gasteiger partial charge in [0.15, 0.2) is 0 Å². The van der Waals surface area contributed by atoms with Crippen LogP contribution in [0, 0.1) is 5.92 Å². The lowest BCUT2D eigenvalue weighted by atomic mass is 9.75. The number of fused-ring (bicyclic) bond motifs is 2. The van der Waals surface area contributed by atoms with Gasteiger partial charge in [0.1, 0.15) is 0 Å². The average Bonchev–Trinajstić information content (AvgIpc) is 2.91. The summed E-state index contributed by atoms with van der Waals surface area (Å²) in [4.78, 5) is 0. The van der Waals surface area contributed by atoms with Crippen molar-refractivity contribution < 1.29 is 0 Å². The van der Waals surface area contributed by atoms with Crippen molar-refractivity contribution in [2.45, 2.75) is 38.0 Å². The van der Waals surface area contributed by atoms with E-state index in [0.29, 0.717) is 0 Å². The lowest BCUT2D eigenvalue weighted by Gasteiger charge is -2.30. The molecule has 0 saturated carbocycles. The van der Waals surface area contributed by atoms with Gasteiger partial charge in [0.25, 0.3) is 0 Å². The van der Waals surface area contributed by atoms with Crippen molar-refractivity contribution >= 4 is 0 Å². The lowest BCUT2D eigenvalue weighted by molar-refractivity contribution is 0.374. The summed E-state index contributed by atoms with van der Waals surface area (Å²) in [5, 5.41) is 0. The number of hydrogen-bond donors (Lipinski definition) is 0. The Labute approximate surface area is 115 Å². The Kier molecular flexibility index (Phi) is 2.69. The van der Waals surface area contributed by atoms with Crippen molar-refractivity contribution in [1.82, 2.24) is 0 Å². The normalized spacial score (nSPS) is 24.8. The Hall–Kier alpha value is -1.56. The number of aryl methyl sites for hydroxylation is 2. The molecule has 0 saturated heterocycles. The molecule has 2 atom stereocenters. The number of hydrogen-bond acceptors (Lipinski definition) is 0. The molecule has 0 heteroatoms. The third-order valence-corrected chi connectivity index (χ3v) is 5.13. The maximum atomic E-state index is 2.37. The number of benzene rings is 2. The molecule has 2 aliphatic carbocycles. The summed E-state index contributed by atoms with van der Waals surface area (Å²) in [6.07, 6.45) is 6.59. The van der Waals surface area contributed by atoms with Crippen LogP contribution in [-0.4, -0.2) is 0 Å². The topological polar surface area (TPSA) is 0 Å². The van der Waals surface area contributed by atoms with E-state index in [1.807, 2.05) is 0 Å². The molecule has 0 aromatic heterocycles. The van der Waals surface area contributed by atoms with E-state index in [4.69, 9.17) is 0 Å². The highest BCUT2D eigenvalue weighted by Crippen LogP contribution is 2.43. The van der Waals surface area contributed by atoms with Crippen molar-refractivity contribution in [3.05, 3.63) is 70.8 Å². The second-order valence-electron chi connectivity index (χ2n) is 6.12. The van der Waals surface area contributed by atoms with Crippen molar-refractivity contribution in [1.29, 1.82) is 0 Å². The quantitative estimate of drug-likeness (QED) is 0.696.